The van der Waals surface area contributed by atoms with E-state index < -0.39 is 0 Å². The highest BCUT2D eigenvalue weighted by atomic mass is 16.5. The zero-order chi connectivity index (χ0) is 15.0. The number of aromatic nitrogens is 3. The maximum Gasteiger partial charge on any atom is 0.323 e. The number of ether oxygens (including phenoxy) is 1. The fourth-order valence-electron chi connectivity index (χ4n) is 1.56. The summed E-state index contributed by atoms with van der Waals surface area (Å²) in [5.41, 5.74) is 2.40. The smallest absolute Gasteiger partial charge is 0.323 e. The van der Waals surface area contributed by atoms with Crippen molar-refractivity contribution in [2.45, 2.75) is 39.7 Å². The quantitative estimate of drug-likeness (QED) is 0.536. The van der Waals surface area contributed by atoms with Crippen LogP contribution in [0.15, 0.2) is 0 Å². The van der Waals surface area contributed by atoms with E-state index in [1.807, 2.05) is 25.7 Å². The molecule has 8 nitrogen and oxygen atoms in total. The lowest BCUT2D eigenvalue weighted by atomic mass is 10.3. The molecule has 1 aromatic rings. The average molecular weight is 279 g/mol. The number of nitriles is 1. The Morgan fingerprint density at radius 3 is 2.70 bits per heavy atom. The van der Waals surface area contributed by atoms with Crippen LogP contribution in [0.5, 0.6) is 6.01 Å². The third kappa shape index (κ3) is 4.51. The van der Waals surface area contributed by atoms with Crippen LogP contribution in [0.3, 0.4) is 0 Å². The van der Waals surface area contributed by atoms with Gasteiger partial charge in [-0.15, -0.1) is 0 Å². The SMILES string of the molecule is CCCOc1nc(NN)nc(N(CCC#N)C(C)C)n1. The number of hydrogen-bond acceptors (Lipinski definition) is 8. The van der Waals surface area contributed by atoms with Crippen molar-refractivity contribution in [3.05, 3.63) is 0 Å². The monoisotopic (exact) mass is 279 g/mol. The number of hydrogen-bond donors (Lipinski definition) is 2. The molecule has 0 aliphatic carbocycles. The molecule has 110 valence electrons. The van der Waals surface area contributed by atoms with E-state index in [2.05, 4.69) is 26.4 Å². The third-order valence-corrected chi connectivity index (χ3v) is 2.51. The number of rotatable bonds is 8. The first-order valence-electron chi connectivity index (χ1n) is 6.61. The molecule has 0 saturated heterocycles. The van der Waals surface area contributed by atoms with E-state index in [0.29, 0.717) is 25.5 Å². The fraction of sp³-hybridized carbons (Fsp3) is 0.667. The summed E-state index contributed by atoms with van der Waals surface area (Å²) in [6.07, 6.45) is 1.25. The number of nitrogens with one attached hydrogen (secondary N) is 1. The number of anilines is 2. The second-order valence-corrected chi connectivity index (χ2v) is 4.43. The zero-order valence-electron chi connectivity index (χ0n) is 12.1. The first-order valence-corrected chi connectivity index (χ1v) is 6.61. The van der Waals surface area contributed by atoms with E-state index in [0.717, 1.165) is 6.42 Å². The minimum atomic E-state index is 0.149. The predicted octanol–water partition coefficient (Wildman–Crippen LogP) is 1.07. The Balaban J connectivity index is 3.03. The maximum atomic E-state index is 8.73. The van der Waals surface area contributed by atoms with Gasteiger partial charge in [0.1, 0.15) is 0 Å². The van der Waals surface area contributed by atoms with E-state index in [9.17, 15) is 0 Å². The van der Waals surface area contributed by atoms with Gasteiger partial charge in [0.15, 0.2) is 0 Å². The van der Waals surface area contributed by atoms with Crippen molar-refractivity contribution >= 4 is 11.9 Å². The molecule has 0 radical (unpaired) electrons. The molecule has 1 rings (SSSR count). The van der Waals surface area contributed by atoms with Crippen LogP contribution in [0.25, 0.3) is 0 Å². The molecule has 8 heteroatoms. The molecule has 0 aliphatic rings. The van der Waals surface area contributed by atoms with Crippen molar-refractivity contribution in [2.24, 2.45) is 5.84 Å². The average Bonchev–Trinajstić information content (AvgIpc) is 2.45. The molecule has 1 heterocycles. The molecule has 1 aromatic heterocycles. The largest absolute Gasteiger partial charge is 0.463 e. The molecule has 0 spiro atoms. The molecule has 0 saturated carbocycles. The van der Waals surface area contributed by atoms with Gasteiger partial charge in [0.05, 0.1) is 19.1 Å². The molecular formula is C12H21N7O. The van der Waals surface area contributed by atoms with Gasteiger partial charge in [-0.25, -0.2) is 5.84 Å². The van der Waals surface area contributed by atoms with Gasteiger partial charge in [-0.05, 0) is 20.3 Å². The van der Waals surface area contributed by atoms with Crippen molar-refractivity contribution in [1.82, 2.24) is 15.0 Å². The number of nitrogens with two attached hydrogens (primary N) is 1. The Kier molecular flexibility index (Phi) is 6.46. The molecule has 0 aromatic carbocycles. The Morgan fingerprint density at radius 2 is 2.15 bits per heavy atom. The second kappa shape index (κ2) is 8.12. The Hall–Kier alpha value is -2.14. The van der Waals surface area contributed by atoms with Crippen LogP contribution in [-0.2, 0) is 0 Å². The highest BCUT2D eigenvalue weighted by Crippen LogP contribution is 2.17. The number of hydrazine groups is 1. The van der Waals surface area contributed by atoms with Gasteiger partial charge in [0.25, 0.3) is 0 Å². The molecule has 0 bridgehead atoms. The molecule has 3 N–H and O–H groups in total. The lowest BCUT2D eigenvalue weighted by molar-refractivity contribution is 0.291. The van der Waals surface area contributed by atoms with Crippen molar-refractivity contribution < 1.29 is 4.74 Å². The lowest BCUT2D eigenvalue weighted by Crippen LogP contribution is -2.33. The number of nitrogen functional groups attached to an aromatic ring is 1. The summed E-state index contributed by atoms with van der Waals surface area (Å²) in [4.78, 5) is 14.4. The first-order chi connectivity index (χ1) is 9.62. The lowest BCUT2D eigenvalue weighted by Gasteiger charge is -2.25. The van der Waals surface area contributed by atoms with Gasteiger partial charge >= 0.3 is 6.01 Å². The molecular weight excluding hydrogens is 258 g/mol. The van der Waals surface area contributed by atoms with Crippen LogP contribution < -0.4 is 20.9 Å². The fourth-order valence-corrected chi connectivity index (χ4v) is 1.56. The minimum Gasteiger partial charge on any atom is -0.463 e. The van der Waals surface area contributed by atoms with Crippen LogP contribution in [0.4, 0.5) is 11.9 Å². The zero-order valence-corrected chi connectivity index (χ0v) is 12.1. The standard InChI is InChI=1S/C12H21N7O/c1-4-8-20-12-16-10(18-14)15-11(17-12)19(9(2)3)7-5-6-13/h9H,4-5,7-8,14H2,1-3H3,(H,15,16,17,18). The predicted molar refractivity (Wildman–Crippen MR) is 76.1 cm³/mol. The third-order valence-electron chi connectivity index (χ3n) is 2.51. The molecule has 0 fully saturated rings. The van der Waals surface area contributed by atoms with Crippen LogP contribution in [-0.4, -0.2) is 34.1 Å². The van der Waals surface area contributed by atoms with Crippen molar-refractivity contribution in [2.75, 3.05) is 23.5 Å². The summed E-state index contributed by atoms with van der Waals surface area (Å²) in [7, 11) is 0. The highest BCUT2D eigenvalue weighted by Gasteiger charge is 2.16. The summed E-state index contributed by atoms with van der Waals surface area (Å²) < 4.78 is 5.42. The Morgan fingerprint density at radius 1 is 1.40 bits per heavy atom. The van der Waals surface area contributed by atoms with Crippen LogP contribution in [0, 0.1) is 11.3 Å². The summed E-state index contributed by atoms with van der Waals surface area (Å²) >= 11 is 0. The van der Waals surface area contributed by atoms with Gasteiger partial charge in [-0.3, -0.25) is 5.43 Å². The molecule has 0 unspecified atom stereocenters. The van der Waals surface area contributed by atoms with E-state index >= 15 is 0 Å². The summed E-state index contributed by atoms with van der Waals surface area (Å²) in [6, 6.07) is 2.49. The van der Waals surface area contributed by atoms with Crippen LogP contribution in [0.2, 0.25) is 0 Å². The van der Waals surface area contributed by atoms with Gasteiger partial charge in [-0.1, -0.05) is 6.92 Å². The van der Waals surface area contributed by atoms with Crippen molar-refractivity contribution in [3.63, 3.8) is 0 Å². The first kappa shape index (κ1) is 15.9. The van der Waals surface area contributed by atoms with Gasteiger partial charge in [0.2, 0.25) is 11.9 Å². The molecule has 0 amide bonds. The van der Waals surface area contributed by atoms with E-state index in [1.165, 1.54) is 0 Å². The summed E-state index contributed by atoms with van der Waals surface area (Å²) in [5.74, 6) is 6.05. The topological polar surface area (TPSA) is 113 Å². The molecule has 0 aliphatic heterocycles. The van der Waals surface area contributed by atoms with Gasteiger partial charge < -0.3 is 9.64 Å². The molecule has 0 atom stereocenters. The Bertz CT molecular complexity index is 458. The van der Waals surface area contributed by atoms with Crippen LogP contribution in [0.1, 0.15) is 33.6 Å². The Labute approximate surface area is 119 Å². The number of nitrogens with zero attached hydrogens (tertiary/aromatic N) is 5. The summed E-state index contributed by atoms with van der Waals surface area (Å²) in [6.45, 7) is 7.06. The van der Waals surface area contributed by atoms with Crippen molar-refractivity contribution in [1.29, 1.82) is 5.26 Å². The van der Waals surface area contributed by atoms with E-state index in [1.54, 1.807) is 0 Å². The summed E-state index contributed by atoms with van der Waals surface area (Å²) in [5, 5.41) is 8.73. The van der Waals surface area contributed by atoms with E-state index in [4.69, 9.17) is 15.8 Å². The highest BCUT2D eigenvalue weighted by molar-refractivity contribution is 5.38. The maximum absolute atomic E-state index is 8.73. The second-order valence-electron chi connectivity index (χ2n) is 4.43. The van der Waals surface area contributed by atoms with Crippen molar-refractivity contribution in [3.8, 4) is 12.1 Å². The van der Waals surface area contributed by atoms with Gasteiger partial charge in [-0.2, -0.15) is 20.2 Å². The van der Waals surface area contributed by atoms with Crippen LogP contribution >= 0.6 is 0 Å². The van der Waals surface area contributed by atoms with E-state index in [-0.39, 0.29) is 18.0 Å². The minimum absolute atomic E-state index is 0.149. The molecule has 20 heavy (non-hydrogen) atoms. The van der Waals surface area contributed by atoms with Gasteiger partial charge in [0, 0.05) is 12.6 Å². The normalized spacial score (nSPS) is 10.2.